The Balaban J connectivity index is 2.75. The molecule has 1 aliphatic heterocycles. The maximum atomic E-state index is 11.3. The Morgan fingerprint density at radius 1 is 1.25 bits per heavy atom. The number of nitrogens with zero attached hydrogens (tertiary/aromatic N) is 1. The second-order valence-electron chi connectivity index (χ2n) is 2.25. The summed E-state index contributed by atoms with van der Waals surface area (Å²) >= 11 is 1.32. The molecule has 1 aromatic rings. The number of thioether (sulfide) groups is 1. The number of hydrogen-bond acceptors (Lipinski definition) is 3. The minimum atomic E-state index is -3.39. The quantitative estimate of drug-likeness (QED) is 0.636. The Labute approximate surface area is 74.6 Å². The van der Waals surface area contributed by atoms with Crippen LogP contribution in [-0.4, -0.2) is 14.0 Å². The molecule has 1 aliphatic rings. The highest BCUT2D eigenvalue weighted by molar-refractivity contribution is 8.13. The van der Waals surface area contributed by atoms with Gasteiger partial charge in [-0.25, -0.2) is 0 Å². The van der Waals surface area contributed by atoms with E-state index < -0.39 is 10.0 Å². The van der Waals surface area contributed by atoms with Crippen molar-refractivity contribution >= 4 is 27.3 Å². The van der Waals surface area contributed by atoms with Gasteiger partial charge in [0.1, 0.15) is 4.90 Å². The van der Waals surface area contributed by atoms with Crippen molar-refractivity contribution in [1.29, 1.82) is 0 Å². The van der Waals surface area contributed by atoms with Gasteiger partial charge in [0.05, 0.1) is 5.55 Å². The van der Waals surface area contributed by atoms with Crippen LogP contribution in [0.5, 0.6) is 0 Å². The van der Waals surface area contributed by atoms with Gasteiger partial charge in [0.2, 0.25) is 0 Å². The number of benzene rings is 1. The Hall–Kier alpha value is -0.810. The Morgan fingerprint density at radius 2 is 2.00 bits per heavy atom. The largest absolute Gasteiger partial charge is 0.283 e. The third-order valence-corrected chi connectivity index (χ3v) is 3.87. The molecule has 1 heterocycles. The van der Waals surface area contributed by atoms with Crippen molar-refractivity contribution in [2.45, 2.75) is 9.79 Å². The number of rotatable bonds is 0. The second kappa shape index (κ2) is 2.60. The first-order valence-corrected chi connectivity index (χ1v) is 5.57. The Morgan fingerprint density at radius 3 is 2.75 bits per heavy atom. The molecule has 0 atom stereocenters. The molecule has 0 N–H and O–H groups in total. The van der Waals surface area contributed by atoms with Crippen LogP contribution in [0.4, 0.5) is 0 Å². The molecule has 3 nitrogen and oxygen atoms in total. The standard InChI is InChI=1S/C7H5NO2S2/c9-12(10)7-4-2-1-3-6(7)11-5-8-12/h1-5H. The molecule has 0 radical (unpaired) electrons. The highest BCUT2D eigenvalue weighted by atomic mass is 32.2. The summed E-state index contributed by atoms with van der Waals surface area (Å²) in [6.07, 6.45) is 0. The minimum absolute atomic E-state index is 0.303. The number of hydrogen-bond donors (Lipinski definition) is 0. The first-order valence-electron chi connectivity index (χ1n) is 3.25. The van der Waals surface area contributed by atoms with Gasteiger partial charge in [0.25, 0.3) is 10.0 Å². The molecule has 0 saturated heterocycles. The number of fused-ring (bicyclic) bond motifs is 1. The molecular formula is C7H5NO2S2. The van der Waals surface area contributed by atoms with E-state index >= 15 is 0 Å². The zero-order valence-electron chi connectivity index (χ0n) is 5.97. The van der Waals surface area contributed by atoms with Crippen LogP contribution >= 0.6 is 11.8 Å². The molecular weight excluding hydrogens is 194 g/mol. The Bertz CT molecular complexity index is 436. The fraction of sp³-hybridized carbons (Fsp3) is 0. The van der Waals surface area contributed by atoms with E-state index in [1.54, 1.807) is 24.3 Å². The van der Waals surface area contributed by atoms with Crippen LogP contribution in [0.15, 0.2) is 38.5 Å². The molecule has 0 spiro atoms. The first kappa shape index (κ1) is 7.82. The lowest BCUT2D eigenvalue weighted by Gasteiger charge is -2.07. The maximum absolute atomic E-state index is 11.3. The molecule has 0 aliphatic carbocycles. The number of sulfonamides is 1. The summed E-state index contributed by atoms with van der Waals surface area (Å²) in [5, 5.41) is 0. The molecule has 5 heteroatoms. The van der Waals surface area contributed by atoms with Gasteiger partial charge >= 0.3 is 0 Å². The molecule has 0 aromatic heterocycles. The third-order valence-electron chi connectivity index (χ3n) is 1.49. The van der Waals surface area contributed by atoms with E-state index in [4.69, 9.17) is 0 Å². The summed E-state index contributed by atoms with van der Waals surface area (Å²) in [4.78, 5) is 1.05. The molecule has 1 aromatic carbocycles. The Kier molecular flexibility index (Phi) is 1.69. The van der Waals surface area contributed by atoms with E-state index in [1.807, 2.05) is 0 Å². The molecule has 62 valence electrons. The molecule has 0 unspecified atom stereocenters. The molecule has 0 amide bonds. The molecule has 0 fully saturated rings. The fourth-order valence-electron chi connectivity index (χ4n) is 0.952. The third kappa shape index (κ3) is 1.15. The lowest BCUT2D eigenvalue weighted by Crippen LogP contribution is -2.02. The van der Waals surface area contributed by atoms with Gasteiger partial charge < -0.3 is 0 Å². The van der Waals surface area contributed by atoms with Gasteiger partial charge in [-0.05, 0) is 12.1 Å². The van der Waals surface area contributed by atoms with Crippen LogP contribution in [-0.2, 0) is 10.0 Å². The summed E-state index contributed by atoms with van der Waals surface area (Å²) in [6, 6.07) is 6.83. The minimum Gasteiger partial charge on any atom is -0.199 e. The summed E-state index contributed by atoms with van der Waals surface area (Å²) in [5.74, 6) is 0. The van der Waals surface area contributed by atoms with Crippen molar-refractivity contribution in [3.63, 3.8) is 0 Å². The van der Waals surface area contributed by atoms with E-state index in [-0.39, 0.29) is 0 Å². The van der Waals surface area contributed by atoms with Crippen molar-refractivity contribution in [2.24, 2.45) is 4.40 Å². The smallest absolute Gasteiger partial charge is 0.199 e. The van der Waals surface area contributed by atoms with Crippen molar-refractivity contribution in [2.75, 3.05) is 0 Å². The fourth-order valence-corrected chi connectivity index (χ4v) is 3.18. The summed E-state index contributed by atoms with van der Waals surface area (Å²) in [7, 11) is -3.39. The zero-order chi connectivity index (χ0) is 8.60. The highest BCUT2D eigenvalue weighted by Crippen LogP contribution is 2.29. The van der Waals surface area contributed by atoms with Crippen LogP contribution in [0.1, 0.15) is 0 Å². The predicted molar refractivity (Wildman–Crippen MR) is 48.0 cm³/mol. The molecule has 0 bridgehead atoms. The SMILES string of the molecule is O=S1(=O)N=CSc2ccccc21. The highest BCUT2D eigenvalue weighted by Gasteiger charge is 2.19. The second-order valence-corrected chi connectivity index (χ2v) is 4.74. The van der Waals surface area contributed by atoms with Gasteiger partial charge in [0, 0.05) is 4.90 Å². The maximum Gasteiger partial charge on any atom is 0.283 e. The first-order chi connectivity index (χ1) is 5.70. The summed E-state index contributed by atoms with van der Waals surface area (Å²) in [5.41, 5.74) is 1.34. The van der Waals surface area contributed by atoms with Crippen molar-refractivity contribution in [1.82, 2.24) is 0 Å². The summed E-state index contributed by atoms with van der Waals surface area (Å²) in [6.45, 7) is 0. The van der Waals surface area contributed by atoms with Crippen molar-refractivity contribution in [3.8, 4) is 0 Å². The van der Waals surface area contributed by atoms with Gasteiger partial charge in [0.15, 0.2) is 0 Å². The molecule has 12 heavy (non-hydrogen) atoms. The van der Waals surface area contributed by atoms with E-state index in [0.29, 0.717) is 4.90 Å². The van der Waals surface area contributed by atoms with Crippen LogP contribution in [0.2, 0.25) is 0 Å². The van der Waals surface area contributed by atoms with Crippen LogP contribution < -0.4 is 0 Å². The van der Waals surface area contributed by atoms with Gasteiger partial charge in [-0.3, -0.25) is 0 Å². The van der Waals surface area contributed by atoms with Gasteiger partial charge in [-0.2, -0.15) is 12.8 Å². The van der Waals surface area contributed by atoms with E-state index in [9.17, 15) is 8.42 Å². The van der Waals surface area contributed by atoms with Gasteiger partial charge in [-0.15, -0.1) is 0 Å². The monoisotopic (exact) mass is 199 g/mol. The molecule has 2 rings (SSSR count). The van der Waals surface area contributed by atoms with Gasteiger partial charge in [-0.1, -0.05) is 23.9 Å². The molecule has 0 saturated carbocycles. The van der Waals surface area contributed by atoms with Crippen LogP contribution in [0.3, 0.4) is 0 Å². The predicted octanol–water partition coefficient (Wildman–Crippen LogP) is 1.51. The average molecular weight is 199 g/mol. The zero-order valence-corrected chi connectivity index (χ0v) is 7.60. The van der Waals surface area contributed by atoms with Crippen molar-refractivity contribution < 1.29 is 8.42 Å². The van der Waals surface area contributed by atoms with Crippen molar-refractivity contribution in [3.05, 3.63) is 24.3 Å². The summed E-state index contributed by atoms with van der Waals surface area (Å²) < 4.78 is 25.9. The van der Waals surface area contributed by atoms with E-state index in [0.717, 1.165) is 4.90 Å². The van der Waals surface area contributed by atoms with E-state index in [1.165, 1.54) is 17.3 Å². The lowest BCUT2D eigenvalue weighted by atomic mass is 10.4. The lowest BCUT2D eigenvalue weighted by molar-refractivity contribution is 0.596. The average Bonchev–Trinajstić information content (AvgIpc) is 2.04. The normalized spacial score (nSPS) is 18.7. The topological polar surface area (TPSA) is 46.5 Å². The van der Waals surface area contributed by atoms with E-state index in [2.05, 4.69) is 4.40 Å². The van der Waals surface area contributed by atoms with Crippen LogP contribution in [0.25, 0.3) is 0 Å². The van der Waals surface area contributed by atoms with Crippen LogP contribution in [0, 0.1) is 0 Å².